The first-order chi connectivity index (χ1) is 30.6. The van der Waals surface area contributed by atoms with E-state index in [4.69, 9.17) is 4.74 Å². The fraction of sp³-hybridized carbons (Fsp3) is 0.778. The second-order valence-electron chi connectivity index (χ2n) is 25.2. The van der Waals surface area contributed by atoms with E-state index in [1.54, 1.807) is 0 Å². The maximum absolute atomic E-state index is 14.3. The third-order valence-corrected chi connectivity index (χ3v) is 21.9. The summed E-state index contributed by atoms with van der Waals surface area (Å²) in [4.78, 5) is 55.3. The van der Waals surface area contributed by atoms with Gasteiger partial charge in [-0.2, -0.15) is 0 Å². The summed E-state index contributed by atoms with van der Waals surface area (Å²) in [5, 5.41) is 16.6. The molecule has 0 radical (unpaired) electrons. The van der Waals surface area contributed by atoms with Crippen LogP contribution in [0.15, 0.2) is 35.4 Å². The lowest BCUT2D eigenvalue weighted by atomic mass is 9.33. The number of allylic oxidation sites excluding steroid dienone is 2. The highest BCUT2D eigenvalue weighted by Gasteiger charge is 2.70. The Kier molecular flexibility index (Phi) is 12.5. The maximum Gasteiger partial charge on any atom is 0.309 e. The van der Waals surface area contributed by atoms with Crippen LogP contribution in [0.4, 0.5) is 5.69 Å². The second kappa shape index (κ2) is 16.7. The van der Waals surface area contributed by atoms with Gasteiger partial charge in [-0.25, -0.2) is 8.42 Å². The highest BCUT2D eigenvalue weighted by Crippen LogP contribution is 2.77. The molecule has 0 unspecified atom stereocenters. The van der Waals surface area contributed by atoms with E-state index >= 15 is 0 Å². The van der Waals surface area contributed by atoms with Crippen molar-refractivity contribution in [2.45, 2.75) is 158 Å². The number of carboxylic acids is 1. The summed E-state index contributed by atoms with van der Waals surface area (Å²) in [6.07, 6.45) is 10.0. The van der Waals surface area contributed by atoms with E-state index in [0.717, 1.165) is 75.6 Å². The van der Waals surface area contributed by atoms with Crippen molar-refractivity contribution in [1.29, 1.82) is 0 Å². The largest absolute Gasteiger partial charge is 0.481 e. The van der Waals surface area contributed by atoms with Gasteiger partial charge in [0.1, 0.15) is 6.10 Å². The number of sulfone groups is 1. The fourth-order valence-corrected chi connectivity index (χ4v) is 17.4. The number of aliphatic carboxylic acids is 1. The Morgan fingerprint density at radius 3 is 2.14 bits per heavy atom. The van der Waals surface area contributed by atoms with Gasteiger partial charge in [0.25, 0.3) is 5.91 Å². The van der Waals surface area contributed by atoms with E-state index in [1.807, 2.05) is 52.0 Å². The van der Waals surface area contributed by atoms with E-state index in [-0.39, 0.29) is 68.4 Å². The number of amides is 1. The van der Waals surface area contributed by atoms with Gasteiger partial charge in [0.2, 0.25) is 0 Å². The molecule has 8 rings (SSSR count). The van der Waals surface area contributed by atoms with Crippen molar-refractivity contribution in [2.75, 3.05) is 42.6 Å². The highest BCUT2D eigenvalue weighted by molar-refractivity contribution is 7.91. The zero-order valence-electron chi connectivity index (χ0n) is 42.0. The standard InChI is InChI=1S/C54H81N3O8S/c1-33(2)43-39(58)31-54(24-25-55-32-48(3,4)56-45(59)34-12-14-35(15-13-34)57-26-28-66(63,64)29-27-57)23-22-52(10)36(44(43)54)16-17-41-51(9)20-19-42(50(7,8)40(51)18-21-53(41,52)11)65-47(62)38-30-37(46(60)61)49(38,5)6/h12-15,33,36-38,40-42,55H,16-32H2,1-11H3,(H,56,59)(H,60,61)/t36-,37+,38-,40+,41-,42+,51+,52-,53-,54-/m1/s1. The van der Waals surface area contributed by atoms with Crippen LogP contribution in [-0.4, -0.2) is 86.5 Å². The number of hydrogen-bond acceptors (Lipinski definition) is 9. The smallest absolute Gasteiger partial charge is 0.309 e. The van der Waals surface area contributed by atoms with Crippen LogP contribution >= 0.6 is 0 Å². The van der Waals surface area contributed by atoms with Crippen LogP contribution < -0.4 is 15.5 Å². The number of ketones is 1. The predicted molar refractivity (Wildman–Crippen MR) is 259 cm³/mol. The molecule has 366 valence electrons. The molecule has 1 aromatic rings. The number of carbonyl (C=O) groups is 4. The lowest BCUT2D eigenvalue weighted by molar-refractivity contribution is -0.236. The monoisotopic (exact) mass is 932 g/mol. The van der Waals surface area contributed by atoms with Crippen LogP contribution in [0.3, 0.4) is 0 Å². The Bertz CT molecular complexity index is 2250. The van der Waals surface area contributed by atoms with Crippen molar-refractivity contribution >= 4 is 39.2 Å². The molecule has 5 saturated carbocycles. The summed E-state index contributed by atoms with van der Waals surface area (Å²) in [6.45, 7) is 26.9. The van der Waals surface area contributed by atoms with Gasteiger partial charge in [-0.3, -0.25) is 19.2 Å². The van der Waals surface area contributed by atoms with Gasteiger partial charge in [-0.1, -0.05) is 67.9 Å². The number of Topliss-reactive ketones (excluding diaryl/α,β-unsaturated/α-hetero) is 1. The van der Waals surface area contributed by atoms with Crippen LogP contribution in [-0.2, 0) is 29.0 Å². The second-order valence-corrected chi connectivity index (χ2v) is 27.5. The molecule has 11 nitrogen and oxygen atoms in total. The van der Waals surface area contributed by atoms with Gasteiger partial charge in [0, 0.05) is 53.7 Å². The van der Waals surface area contributed by atoms with Crippen LogP contribution in [0.5, 0.6) is 0 Å². The molecule has 0 bridgehead atoms. The maximum atomic E-state index is 14.3. The molecule has 66 heavy (non-hydrogen) atoms. The van der Waals surface area contributed by atoms with Crippen molar-refractivity contribution in [1.82, 2.24) is 10.6 Å². The summed E-state index contributed by atoms with van der Waals surface area (Å²) >= 11 is 0. The molecular weight excluding hydrogens is 851 g/mol. The Labute approximate surface area is 395 Å². The van der Waals surface area contributed by atoms with Gasteiger partial charge < -0.3 is 25.4 Å². The van der Waals surface area contributed by atoms with Crippen molar-refractivity contribution in [2.24, 2.45) is 68.0 Å². The van der Waals surface area contributed by atoms with E-state index in [1.165, 1.54) is 5.57 Å². The number of carboxylic acid groups (broad SMARTS) is 1. The molecule has 7 aliphatic rings. The Balaban J connectivity index is 0.927. The zero-order valence-corrected chi connectivity index (χ0v) is 42.8. The number of benzene rings is 1. The first kappa shape index (κ1) is 49.2. The fourth-order valence-electron chi connectivity index (χ4n) is 16.2. The first-order valence-corrected chi connectivity index (χ1v) is 27.2. The van der Waals surface area contributed by atoms with Crippen LogP contribution in [0.25, 0.3) is 0 Å². The van der Waals surface area contributed by atoms with Gasteiger partial charge in [0.05, 0.1) is 23.3 Å². The minimum Gasteiger partial charge on any atom is -0.481 e. The lowest BCUT2D eigenvalue weighted by Gasteiger charge is -2.72. The third kappa shape index (κ3) is 7.99. The molecule has 10 atom stereocenters. The molecule has 1 amide bonds. The Morgan fingerprint density at radius 1 is 0.848 bits per heavy atom. The number of nitrogens with zero attached hydrogens (tertiary/aromatic N) is 1. The van der Waals surface area contributed by atoms with E-state index < -0.39 is 32.7 Å². The van der Waals surface area contributed by atoms with Crippen LogP contribution in [0.2, 0.25) is 0 Å². The number of esters is 1. The van der Waals surface area contributed by atoms with Crippen molar-refractivity contribution < 1.29 is 37.4 Å². The Hall–Kier alpha value is -3.25. The summed E-state index contributed by atoms with van der Waals surface area (Å²) in [5.41, 5.74) is 2.78. The summed E-state index contributed by atoms with van der Waals surface area (Å²) in [5.74, 6) is -0.0328. The molecule has 6 aliphatic carbocycles. The summed E-state index contributed by atoms with van der Waals surface area (Å²) in [7, 11) is -2.97. The minimum atomic E-state index is -2.97. The SMILES string of the molecule is CC(C)C1=C2[C@H]3CC[C@@H]4[C@@]5(C)CC[C@H](OC(=O)[C@H]6C[C@@H](C(=O)O)C6(C)C)C(C)(C)[C@@H]5CC[C@@]4(C)[C@]3(C)CC[C@@]2(CCNCC(C)(C)NC(=O)c2ccc(N3CCS(=O)(=O)CC3)cc2)CC1=O. The van der Waals surface area contributed by atoms with Gasteiger partial charge in [-0.15, -0.1) is 0 Å². The van der Waals surface area contributed by atoms with Crippen molar-refractivity contribution in [3.05, 3.63) is 41.0 Å². The van der Waals surface area contributed by atoms with Gasteiger partial charge in [0.15, 0.2) is 15.6 Å². The number of rotatable bonds is 12. The lowest BCUT2D eigenvalue weighted by Crippen LogP contribution is -2.66. The third-order valence-electron chi connectivity index (χ3n) is 20.3. The minimum absolute atomic E-state index is 0.0454. The van der Waals surface area contributed by atoms with Gasteiger partial charge >= 0.3 is 11.9 Å². The molecule has 6 fully saturated rings. The average molecular weight is 932 g/mol. The first-order valence-electron chi connectivity index (χ1n) is 25.4. The van der Waals surface area contributed by atoms with Gasteiger partial charge in [-0.05, 0) is 160 Å². The number of fused-ring (bicyclic) bond motifs is 7. The molecule has 0 aromatic heterocycles. The van der Waals surface area contributed by atoms with E-state index in [2.05, 4.69) is 64.0 Å². The van der Waals surface area contributed by atoms with E-state index in [0.29, 0.717) is 61.6 Å². The van der Waals surface area contributed by atoms with E-state index in [9.17, 15) is 32.7 Å². The zero-order chi connectivity index (χ0) is 48.2. The van der Waals surface area contributed by atoms with Crippen LogP contribution in [0, 0.1) is 68.0 Å². The number of hydrogen-bond donors (Lipinski definition) is 3. The Morgan fingerprint density at radius 2 is 1.52 bits per heavy atom. The molecule has 1 heterocycles. The normalized spacial score (nSPS) is 37.8. The predicted octanol–water partition coefficient (Wildman–Crippen LogP) is 9.05. The summed E-state index contributed by atoms with van der Waals surface area (Å²) in [6, 6.07) is 7.42. The average Bonchev–Trinajstić information content (AvgIpc) is 3.52. The molecule has 1 aliphatic heterocycles. The number of nitrogens with one attached hydrogen (secondary N) is 2. The highest BCUT2D eigenvalue weighted by atomic mass is 32.2. The molecule has 12 heteroatoms. The molecule has 0 spiro atoms. The molecular formula is C54H81N3O8S. The van der Waals surface area contributed by atoms with Crippen LogP contribution in [0.1, 0.15) is 157 Å². The number of anilines is 1. The summed E-state index contributed by atoms with van der Waals surface area (Å²) < 4.78 is 30.3. The number of carbonyl (C=O) groups excluding carboxylic acids is 3. The molecule has 3 N–H and O–H groups in total. The topological polar surface area (TPSA) is 159 Å². The quantitative estimate of drug-likeness (QED) is 0.136. The van der Waals surface area contributed by atoms with Crippen molar-refractivity contribution in [3.8, 4) is 0 Å². The molecule has 1 saturated heterocycles. The van der Waals surface area contributed by atoms with Crippen molar-refractivity contribution in [3.63, 3.8) is 0 Å². The number of ether oxygens (including phenoxy) is 1. The molecule has 1 aromatic carbocycles.